The molecule has 2 fully saturated rings. The summed E-state index contributed by atoms with van der Waals surface area (Å²) in [5.74, 6) is -0.270. The zero-order valence-electron chi connectivity index (χ0n) is 19.9. The van der Waals surface area contributed by atoms with Gasteiger partial charge in [-0.1, -0.05) is 70.6 Å². The van der Waals surface area contributed by atoms with Crippen LogP contribution in [0.5, 0.6) is 0 Å². The topological polar surface area (TPSA) is 32.3 Å². The van der Waals surface area contributed by atoms with Gasteiger partial charge in [0.2, 0.25) is 0 Å². The first-order chi connectivity index (χ1) is 15.8. The molecule has 1 N–H and O–H groups in total. The van der Waals surface area contributed by atoms with Crippen LogP contribution in [0.25, 0.3) is 0 Å². The van der Waals surface area contributed by atoms with Crippen LogP contribution in [0.2, 0.25) is 0 Å². The number of nitrogens with one attached hydrogen (secondary N) is 1. The van der Waals surface area contributed by atoms with E-state index in [-0.39, 0.29) is 23.6 Å². The largest absolute Gasteiger partial charge is 0.417 e. The maximum absolute atomic E-state index is 14.0. The highest BCUT2D eigenvalue weighted by molar-refractivity contribution is 5.96. The van der Waals surface area contributed by atoms with Crippen molar-refractivity contribution >= 4 is 5.91 Å². The Morgan fingerprint density at radius 2 is 1.67 bits per heavy atom. The molecule has 2 saturated carbocycles. The third kappa shape index (κ3) is 6.54. The highest BCUT2D eigenvalue weighted by atomic mass is 19.4. The molecule has 1 aromatic carbocycles. The molecule has 0 aromatic heterocycles. The maximum atomic E-state index is 14.0. The number of hydrogen-bond donors (Lipinski definition) is 1. The van der Waals surface area contributed by atoms with Crippen molar-refractivity contribution in [3.05, 3.63) is 47.7 Å². The molecule has 0 radical (unpaired) electrons. The lowest BCUT2D eigenvalue weighted by Crippen LogP contribution is -2.54. The smallest absolute Gasteiger partial charge is 0.387 e. The predicted octanol–water partition coefficient (Wildman–Crippen LogP) is 7.33. The molecule has 1 aromatic rings. The van der Waals surface area contributed by atoms with Crippen molar-refractivity contribution in [1.29, 1.82) is 0 Å². The molecule has 0 bridgehead atoms. The van der Waals surface area contributed by atoms with Crippen LogP contribution in [0.1, 0.15) is 99.9 Å². The van der Waals surface area contributed by atoms with Gasteiger partial charge in [-0.25, -0.2) is 0 Å². The number of carbonyl (C=O) groups is 1. The first kappa shape index (κ1) is 25.6. The number of amides is 1. The minimum absolute atomic E-state index is 0.0517. The molecule has 6 heteroatoms. The number of benzene rings is 1. The molecule has 3 nitrogen and oxygen atoms in total. The number of rotatable bonds is 9. The van der Waals surface area contributed by atoms with Crippen molar-refractivity contribution in [3.63, 3.8) is 0 Å². The molecule has 2 aliphatic carbocycles. The van der Waals surface area contributed by atoms with E-state index in [0.717, 1.165) is 88.9 Å². The molecule has 33 heavy (non-hydrogen) atoms. The third-order valence-corrected chi connectivity index (χ3v) is 7.30. The molecule has 0 spiro atoms. The molecular formula is C27H39F3N2O. The lowest BCUT2D eigenvalue weighted by molar-refractivity contribution is -0.138. The molecule has 184 valence electrons. The van der Waals surface area contributed by atoms with Gasteiger partial charge in [-0.2, -0.15) is 13.2 Å². The Bertz CT molecular complexity index is 780. The van der Waals surface area contributed by atoms with E-state index >= 15 is 0 Å². The Morgan fingerprint density at radius 3 is 2.27 bits per heavy atom. The van der Waals surface area contributed by atoms with Crippen LogP contribution < -0.4 is 5.32 Å². The quantitative estimate of drug-likeness (QED) is 0.388. The Labute approximate surface area is 196 Å². The van der Waals surface area contributed by atoms with Gasteiger partial charge in [0, 0.05) is 18.3 Å². The summed E-state index contributed by atoms with van der Waals surface area (Å²) < 4.78 is 41.5. The second kappa shape index (κ2) is 11.9. The number of alkyl halides is 3. The van der Waals surface area contributed by atoms with Crippen molar-refractivity contribution in [1.82, 2.24) is 10.2 Å². The SMILES string of the molecule is C=C(NCCCC)C(C1CCCCC1)N(C(=O)c1ccccc1C(F)(F)F)C1CCCCC1. The summed E-state index contributed by atoms with van der Waals surface area (Å²) in [6.45, 7) is 7.23. The van der Waals surface area contributed by atoms with Gasteiger partial charge in [0.1, 0.15) is 0 Å². The molecule has 3 rings (SSSR count). The number of unbranched alkanes of at least 4 members (excludes halogenated alkanes) is 1. The van der Waals surface area contributed by atoms with Crippen LogP contribution in [0.3, 0.4) is 0 Å². The molecule has 0 aliphatic heterocycles. The Morgan fingerprint density at radius 1 is 1.06 bits per heavy atom. The Hall–Kier alpha value is -1.98. The molecule has 2 aliphatic rings. The zero-order chi connectivity index (χ0) is 23.8. The summed E-state index contributed by atoms with van der Waals surface area (Å²) in [4.78, 5) is 15.8. The molecule has 0 heterocycles. The molecule has 1 unspecified atom stereocenters. The van der Waals surface area contributed by atoms with Gasteiger partial charge in [-0.3, -0.25) is 4.79 Å². The standard InChI is InChI=1S/C27H39F3N2O/c1-3-4-19-31-20(2)25(21-13-7-5-8-14-21)32(22-15-9-6-10-16-22)26(33)23-17-11-12-18-24(23)27(28,29)30/h11-12,17-18,21-22,25,31H,2-10,13-16,19H2,1H3. The maximum Gasteiger partial charge on any atom is 0.417 e. The molecule has 1 atom stereocenters. The van der Waals surface area contributed by atoms with E-state index in [1.54, 1.807) is 0 Å². The normalized spacial score (nSPS) is 19.2. The minimum atomic E-state index is -4.57. The number of nitrogens with zero attached hydrogens (tertiary/aromatic N) is 1. The molecule has 1 amide bonds. The predicted molar refractivity (Wildman–Crippen MR) is 127 cm³/mol. The average Bonchev–Trinajstić information content (AvgIpc) is 2.82. The van der Waals surface area contributed by atoms with Gasteiger partial charge < -0.3 is 10.2 Å². The monoisotopic (exact) mass is 464 g/mol. The minimum Gasteiger partial charge on any atom is -0.387 e. The second-order valence-electron chi connectivity index (χ2n) is 9.70. The van der Waals surface area contributed by atoms with E-state index in [4.69, 9.17) is 0 Å². The van der Waals surface area contributed by atoms with Gasteiger partial charge in [-0.15, -0.1) is 0 Å². The van der Waals surface area contributed by atoms with Gasteiger partial charge >= 0.3 is 6.18 Å². The van der Waals surface area contributed by atoms with E-state index in [1.807, 2.05) is 4.90 Å². The van der Waals surface area contributed by atoms with E-state index in [0.29, 0.717) is 0 Å². The van der Waals surface area contributed by atoms with Crippen molar-refractivity contribution in [2.24, 2.45) is 5.92 Å². The number of carbonyl (C=O) groups excluding carboxylic acids is 1. The lowest BCUT2D eigenvalue weighted by Gasteiger charge is -2.45. The number of halogens is 3. The fraction of sp³-hybridized carbons (Fsp3) is 0.667. The molecule has 0 saturated heterocycles. The summed E-state index contributed by atoms with van der Waals surface area (Å²) in [5.41, 5.74) is -0.292. The van der Waals surface area contributed by atoms with Crippen LogP contribution in [-0.4, -0.2) is 29.4 Å². The van der Waals surface area contributed by atoms with Crippen molar-refractivity contribution in [3.8, 4) is 0 Å². The highest BCUT2D eigenvalue weighted by Crippen LogP contribution is 2.38. The molecular weight excluding hydrogens is 425 g/mol. The van der Waals surface area contributed by atoms with E-state index in [9.17, 15) is 18.0 Å². The van der Waals surface area contributed by atoms with Crippen LogP contribution >= 0.6 is 0 Å². The first-order valence-electron chi connectivity index (χ1n) is 12.8. The summed E-state index contributed by atoms with van der Waals surface area (Å²) in [5, 5.41) is 3.44. The van der Waals surface area contributed by atoms with Crippen LogP contribution in [-0.2, 0) is 6.18 Å². The number of hydrogen-bond acceptors (Lipinski definition) is 2. The Balaban J connectivity index is 2.02. The van der Waals surface area contributed by atoms with Crippen molar-refractivity contribution in [2.45, 2.75) is 102 Å². The summed E-state index contributed by atoms with van der Waals surface area (Å²) in [6.07, 6.45) is 7.58. The summed E-state index contributed by atoms with van der Waals surface area (Å²) in [6, 6.07) is 4.92. The van der Waals surface area contributed by atoms with Crippen LogP contribution in [0.15, 0.2) is 36.5 Å². The summed E-state index contributed by atoms with van der Waals surface area (Å²) in [7, 11) is 0. The van der Waals surface area contributed by atoms with Gasteiger partial charge in [0.15, 0.2) is 0 Å². The van der Waals surface area contributed by atoms with E-state index in [1.165, 1.54) is 24.6 Å². The Kier molecular flexibility index (Phi) is 9.27. The fourth-order valence-electron chi connectivity index (χ4n) is 5.59. The van der Waals surface area contributed by atoms with Crippen molar-refractivity contribution < 1.29 is 18.0 Å². The van der Waals surface area contributed by atoms with Gasteiger partial charge in [-0.05, 0) is 50.2 Å². The van der Waals surface area contributed by atoms with Gasteiger partial charge in [0.25, 0.3) is 5.91 Å². The fourth-order valence-corrected chi connectivity index (χ4v) is 5.59. The van der Waals surface area contributed by atoms with E-state index < -0.39 is 17.6 Å². The van der Waals surface area contributed by atoms with Crippen LogP contribution in [0, 0.1) is 5.92 Å². The van der Waals surface area contributed by atoms with Crippen molar-refractivity contribution in [2.75, 3.05) is 6.54 Å². The lowest BCUT2D eigenvalue weighted by atomic mass is 9.80. The zero-order valence-corrected chi connectivity index (χ0v) is 19.9. The summed E-state index contributed by atoms with van der Waals surface area (Å²) >= 11 is 0. The van der Waals surface area contributed by atoms with E-state index in [2.05, 4.69) is 18.8 Å². The third-order valence-electron chi connectivity index (χ3n) is 7.30. The second-order valence-corrected chi connectivity index (χ2v) is 9.70. The first-order valence-corrected chi connectivity index (χ1v) is 12.8. The van der Waals surface area contributed by atoms with Gasteiger partial charge in [0.05, 0.1) is 17.2 Å². The average molecular weight is 465 g/mol. The highest BCUT2D eigenvalue weighted by Gasteiger charge is 2.42. The van der Waals surface area contributed by atoms with Crippen LogP contribution in [0.4, 0.5) is 13.2 Å².